The highest BCUT2D eigenvalue weighted by molar-refractivity contribution is 5.76. The van der Waals surface area contributed by atoms with Crippen LogP contribution in [0.5, 0.6) is 0 Å². The number of pyridine rings is 1. The van der Waals surface area contributed by atoms with Gasteiger partial charge in [-0.3, -0.25) is 15.2 Å². The number of rotatable bonds is 5. The Kier molecular flexibility index (Phi) is 5.05. The molecule has 20 heavy (non-hydrogen) atoms. The number of nitrogens with zero attached hydrogens (tertiary/aromatic N) is 2. The third kappa shape index (κ3) is 3.75. The smallest absolute Gasteiger partial charge is 0.223 e. The van der Waals surface area contributed by atoms with Crippen molar-refractivity contribution in [3.8, 4) is 0 Å². The zero-order valence-electron chi connectivity index (χ0n) is 12.3. The third-order valence-corrected chi connectivity index (χ3v) is 3.47. The monoisotopic (exact) mass is 277 g/mol. The van der Waals surface area contributed by atoms with Gasteiger partial charge in [-0.25, -0.2) is 5.43 Å². The van der Waals surface area contributed by atoms with Gasteiger partial charge in [0.25, 0.3) is 0 Å². The lowest BCUT2D eigenvalue weighted by Crippen LogP contribution is -2.43. The molecule has 1 aromatic rings. The summed E-state index contributed by atoms with van der Waals surface area (Å²) in [6.07, 6.45) is 2.30. The van der Waals surface area contributed by atoms with Crippen LogP contribution in [-0.2, 0) is 4.79 Å². The Morgan fingerprint density at radius 3 is 3.00 bits per heavy atom. The minimum atomic E-state index is 0.119. The largest absolute Gasteiger partial charge is 0.349 e. The highest BCUT2D eigenvalue weighted by Crippen LogP contribution is 2.17. The molecule has 2 rings (SSSR count). The van der Waals surface area contributed by atoms with E-state index < -0.39 is 0 Å². The lowest BCUT2D eigenvalue weighted by molar-refractivity contribution is -0.129. The van der Waals surface area contributed by atoms with E-state index in [0.717, 1.165) is 12.2 Å². The summed E-state index contributed by atoms with van der Waals surface area (Å²) in [6, 6.07) is 6.37. The molecule has 1 amide bonds. The van der Waals surface area contributed by atoms with Crippen LogP contribution in [-0.4, -0.2) is 48.5 Å². The average molecular weight is 277 g/mol. The van der Waals surface area contributed by atoms with Crippen LogP contribution in [0.4, 0.5) is 0 Å². The molecule has 3 unspecified atom stereocenters. The number of aromatic nitrogens is 1. The van der Waals surface area contributed by atoms with Crippen molar-refractivity contribution in [2.24, 2.45) is 0 Å². The van der Waals surface area contributed by atoms with E-state index in [0.29, 0.717) is 6.42 Å². The molecule has 0 saturated carbocycles. The molecule has 2 heterocycles. The van der Waals surface area contributed by atoms with Crippen molar-refractivity contribution in [1.29, 1.82) is 0 Å². The van der Waals surface area contributed by atoms with Gasteiger partial charge in [0.15, 0.2) is 0 Å². The molecule has 6 heteroatoms. The molecule has 1 saturated heterocycles. The van der Waals surface area contributed by atoms with Gasteiger partial charge in [-0.2, -0.15) is 0 Å². The lowest BCUT2D eigenvalue weighted by Gasteiger charge is -2.24. The first-order valence-electron chi connectivity index (χ1n) is 6.93. The number of carbonyl (C=O) groups is 1. The summed E-state index contributed by atoms with van der Waals surface area (Å²) in [5.41, 5.74) is 7.39. The second kappa shape index (κ2) is 6.78. The second-order valence-electron chi connectivity index (χ2n) is 5.42. The summed E-state index contributed by atoms with van der Waals surface area (Å²) >= 11 is 0. The van der Waals surface area contributed by atoms with Gasteiger partial charge in [0.1, 0.15) is 0 Å². The Bertz CT molecular complexity index is 436. The summed E-state index contributed by atoms with van der Waals surface area (Å²) in [5.74, 6) is 0.137. The summed E-state index contributed by atoms with van der Waals surface area (Å²) < 4.78 is 0. The maximum atomic E-state index is 11.7. The number of nitrogens with one attached hydrogen (secondary N) is 3. The molecule has 1 fully saturated rings. The van der Waals surface area contributed by atoms with Crippen LogP contribution >= 0.6 is 0 Å². The fourth-order valence-electron chi connectivity index (χ4n) is 2.36. The predicted molar refractivity (Wildman–Crippen MR) is 77.8 cm³/mol. The molecule has 3 atom stereocenters. The van der Waals surface area contributed by atoms with E-state index in [1.807, 2.05) is 25.1 Å². The first kappa shape index (κ1) is 14.9. The average Bonchev–Trinajstić information content (AvgIpc) is 2.87. The third-order valence-electron chi connectivity index (χ3n) is 3.47. The van der Waals surface area contributed by atoms with Gasteiger partial charge >= 0.3 is 0 Å². The molecule has 0 aliphatic carbocycles. The van der Waals surface area contributed by atoms with Crippen molar-refractivity contribution in [3.63, 3.8) is 0 Å². The van der Waals surface area contributed by atoms with Crippen LogP contribution in [0.25, 0.3) is 0 Å². The highest BCUT2D eigenvalue weighted by atomic mass is 16.2. The van der Waals surface area contributed by atoms with E-state index in [-0.39, 0.29) is 24.0 Å². The van der Waals surface area contributed by atoms with Gasteiger partial charge in [0.2, 0.25) is 5.91 Å². The van der Waals surface area contributed by atoms with Gasteiger partial charge < -0.3 is 10.2 Å². The van der Waals surface area contributed by atoms with Gasteiger partial charge in [0.05, 0.1) is 11.7 Å². The van der Waals surface area contributed by atoms with E-state index in [1.165, 1.54) is 0 Å². The Labute approximate surface area is 119 Å². The zero-order valence-corrected chi connectivity index (χ0v) is 12.3. The summed E-state index contributed by atoms with van der Waals surface area (Å²) in [4.78, 5) is 17.7. The molecule has 110 valence electrons. The van der Waals surface area contributed by atoms with Crippen molar-refractivity contribution in [2.75, 3.05) is 20.6 Å². The molecule has 0 bridgehead atoms. The predicted octanol–water partition coefficient (Wildman–Crippen LogP) is 0.0555. The molecule has 1 aliphatic rings. The Hall–Kier alpha value is -1.50. The Morgan fingerprint density at radius 1 is 1.55 bits per heavy atom. The first-order valence-corrected chi connectivity index (χ1v) is 6.93. The number of hydrazine groups is 1. The van der Waals surface area contributed by atoms with Crippen molar-refractivity contribution in [2.45, 2.75) is 31.5 Å². The van der Waals surface area contributed by atoms with Crippen LogP contribution in [0.2, 0.25) is 0 Å². The topological polar surface area (TPSA) is 69.3 Å². The molecule has 6 nitrogen and oxygen atoms in total. The van der Waals surface area contributed by atoms with Gasteiger partial charge in [0, 0.05) is 45.3 Å². The summed E-state index contributed by atoms with van der Waals surface area (Å²) in [7, 11) is 3.56. The number of carbonyl (C=O) groups excluding carboxylic acids is 1. The van der Waals surface area contributed by atoms with Gasteiger partial charge in [-0.15, -0.1) is 0 Å². The molecule has 0 radical (unpaired) electrons. The number of hydrogen-bond donors (Lipinski definition) is 3. The second-order valence-corrected chi connectivity index (χ2v) is 5.42. The molecule has 0 aromatic carbocycles. The van der Waals surface area contributed by atoms with Crippen LogP contribution in [0.3, 0.4) is 0 Å². The normalized spacial score (nSPS) is 23.6. The quantitative estimate of drug-likeness (QED) is 0.710. The maximum absolute atomic E-state index is 11.7. The van der Waals surface area contributed by atoms with Crippen molar-refractivity contribution in [1.82, 2.24) is 26.1 Å². The van der Waals surface area contributed by atoms with Crippen molar-refractivity contribution < 1.29 is 4.79 Å². The van der Waals surface area contributed by atoms with E-state index in [9.17, 15) is 4.79 Å². The first-order chi connectivity index (χ1) is 9.58. The molecule has 3 N–H and O–H groups in total. The maximum Gasteiger partial charge on any atom is 0.223 e. The van der Waals surface area contributed by atoms with Crippen LogP contribution in [0.15, 0.2) is 24.4 Å². The molecular formula is C14H23N5O. The van der Waals surface area contributed by atoms with E-state index in [4.69, 9.17) is 0 Å². The van der Waals surface area contributed by atoms with Crippen molar-refractivity contribution in [3.05, 3.63) is 30.1 Å². The van der Waals surface area contributed by atoms with Gasteiger partial charge in [-0.1, -0.05) is 6.07 Å². The van der Waals surface area contributed by atoms with Crippen LogP contribution in [0, 0.1) is 0 Å². The highest BCUT2D eigenvalue weighted by Gasteiger charge is 2.30. The molecule has 0 spiro atoms. The van der Waals surface area contributed by atoms with Crippen molar-refractivity contribution >= 4 is 5.91 Å². The van der Waals surface area contributed by atoms with Crippen LogP contribution in [0.1, 0.15) is 25.1 Å². The molecule has 1 aromatic heterocycles. The minimum absolute atomic E-state index is 0.119. The number of amides is 1. The summed E-state index contributed by atoms with van der Waals surface area (Å²) in [5, 5.41) is 3.50. The summed E-state index contributed by atoms with van der Waals surface area (Å²) in [6.45, 7) is 2.84. The minimum Gasteiger partial charge on any atom is -0.349 e. The van der Waals surface area contributed by atoms with Crippen LogP contribution < -0.4 is 16.2 Å². The fraction of sp³-hybridized carbons (Fsp3) is 0.571. The van der Waals surface area contributed by atoms with Gasteiger partial charge in [-0.05, 0) is 19.1 Å². The molecular weight excluding hydrogens is 254 g/mol. The number of hydrogen-bond acceptors (Lipinski definition) is 5. The van der Waals surface area contributed by atoms with E-state index >= 15 is 0 Å². The fourth-order valence-corrected chi connectivity index (χ4v) is 2.36. The SMILES string of the molecule is CC(CC(=O)N(C)C)NC1CNNC1c1ccccn1. The lowest BCUT2D eigenvalue weighted by atomic mass is 10.0. The standard InChI is InChI=1S/C14H23N5O/c1-10(8-13(20)19(2)3)17-12-9-16-18-14(12)11-6-4-5-7-15-11/h4-7,10,12,14,16-18H,8-9H2,1-3H3. The molecule has 1 aliphatic heterocycles. The Balaban J connectivity index is 1.93. The zero-order chi connectivity index (χ0) is 14.5. The van der Waals surface area contributed by atoms with E-state index in [2.05, 4.69) is 21.2 Å². The Morgan fingerprint density at radius 2 is 2.35 bits per heavy atom. The van der Waals surface area contributed by atoms with E-state index in [1.54, 1.807) is 25.2 Å².